The number of unbranched alkanes of at least 4 members (excludes halogenated alkanes) is 8. The maximum absolute atomic E-state index is 11.4. The molecule has 0 atom stereocenters. The molecule has 0 bridgehead atoms. The highest BCUT2D eigenvalue weighted by Crippen LogP contribution is 2.03. The summed E-state index contributed by atoms with van der Waals surface area (Å²) in [5, 5.41) is 11.4. The summed E-state index contributed by atoms with van der Waals surface area (Å²) in [4.78, 5) is 0. The summed E-state index contributed by atoms with van der Waals surface area (Å²) in [6.45, 7) is 5.11. The Bertz CT molecular complexity index is 166. The van der Waals surface area contributed by atoms with Gasteiger partial charge in [0, 0.05) is 12.8 Å². The summed E-state index contributed by atoms with van der Waals surface area (Å²) in [6.07, 6.45) is 13.9. The van der Waals surface area contributed by atoms with Gasteiger partial charge in [-0.1, -0.05) is 52.4 Å². The number of rotatable bonds is 11. The van der Waals surface area contributed by atoms with Crippen molar-refractivity contribution in [2.75, 3.05) is 6.54 Å². The Balaban J connectivity index is 3.27. The molecule has 0 aliphatic heterocycles. The summed E-state index contributed by atoms with van der Waals surface area (Å²) in [6, 6.07) is 0. The summed E-state index contributed by atoms with van der Waals surface area (Å²) >= 11 is 0. The monoisotopic (exact) mass is 227 g/mol. The van der Waals surface area contributed by atoms with Crippen molar-refractivity contribution in [1.29, 1.82) is 0 Å². The zero-order valence-corrected chi connectivity index (χ0v) is 11.2. The van der Waals surface area contributed by atoms with Gasteiger partial charge in [0.25, 0.3) is 0 Å². The molecule has 0 aromatic heterocycles. The minimum absolute atomic E-state index is 0.692. The molecule has 0 N–H and O–H groups in total. The molecule has 0 spiro atoms. The van der Waals surface area contributed by atoms with E-state index in [1.54, 1.807) is 0 Å². The van der Waals surface area contributed by atoms with E-state index in [9.17, 15) is 5.21 Å². The Morgan fingerprint density at radius 1 is 0.812 bits per heavy atom. The lowest BCUT2D eigenvalue weighted by Crippen LogP contribution is -2.06. The highest BCUT2D eigenvalue weighted by molar-refractivity contribution is 5.50. The smallest absolute Gasteiger partial charge is 0.153 e. The third-order valence-corrected chi connectivity index (χ3v) is 2.87. The van der Waals surface area contributed by atoms with Gasteiger partial charge in [0.05, 0.1) is 0 Å². The van der Waals surface area contributed by atoms with Gasteiger partial charge in [0.1, 0.15) is 0 Å². The van der Waals surface area contributed by atoms with Crippen LogP contribution >= 0.6 is 0 Å². The molecule has 2 heteroatoms. The lowest BCUT2D eigenvalue weighted by molar-refractivity contribution is -0.454. The minimum atomic E-state index is 0.692. The molecule has 16 heavy (non-hydrogen) atoms. The van der Waals surface area contributed by atoms with Gasteiger partial charge < -0.3 is 5.21 Å². The molecule has 0 radical (unpaired) electrons. The van der Waals surface area contributed by atoms with Crippen LogP contribution in [-0.4, -0.2) is 17.5 Å². The van der Waals surface area contributed by atoms with Gasteiger partial charge in [-0.3, -0.25) is 0 Å². The fourth-order valence-corrected chi connectivity index (χ4v) is 1.77. The summed E-state index contributed by atoms with van der Waals surface area (Å²) < 4.78 is 1.14. The van der Waals surface area contributed by atoms with Crippen molar-refractivity contribution in [3.8, 4) is 0 Å². The average molecular weight is 227 g/mol. The van der Waals surface area contributed by atoms with Crippen molar-refractivity contribution < 1.29 is 4.74 Å². The highest BCUT2D eigenvalue weighted by Gasteiger charge is 1.95. The molecule has 0 aliphatic rings. The van der Waals surface area contributed by atoms with E-state index in [4.69, 9.17) is 0 Å². The Hall–Kier alpha value is -0.530. The van der Waals surface area contributed by atoms with Crippen LogP contribution in [0.25, 0.3) is 0 Å². The van der Waals surface area contributed by atoms with Crippen LogP contribution in [0.1, 0.15) is 78.1 Å². The Labute approximate surface area is 101 Å². The summed E-state index contributed by atoms with van der Waals surface area (Å²) in [7, 11) is 0. The second kappa shape index (κ2) is 12.5. The minimum Gasteiger partial charge on any atom is -0.624 e. The van der Waals surface area contributed by atoms with Crippen molar-refractivity contribution in [3.05, 3.63) is 5.21 Å². The zero-order chi connectivity index (χ0) is 12.1. The molecule has 0 unspecified atom stereocenters. The van der Waals surface area contributed by atoms with Crippen LogP contribution in [0.3, 0.4) is 0 Å². The van der Waals surface area contributed by atoms with Gasteiger partial charge in [-0.05, 0) is 12.8 Å². The molecule has 0 heterocycles. The van der Waals surface area contributed by atoms with Gasteiger partial charge in [-0.2, -0.15) is 0 Å². The molecule has 0 aromatic rings. The molecule has 0 saturated carbocycles. The number of hydrogen-bond acceptors (Lipinski definition) is 1. The topological polar surface area (TPSA) is 26.1 Å². The number of hydroxylamine groups is 1. The van der Waals surface area contributed by atoms with Crippen LogP contribution < -0.4 is 0 Å². The largest absolute Gasteiger partial charge is 0.624 e. The third kappa shape index (κ3) is 11.5. The second-order valence-electron chi connectivity index (χ2n) is 4.59. The lowest BCUT2D eigenvalue weighted by atomic mass is 10.1. The van der Waals surface area contributed by atoms with Crippen LogP contribution in [0, 0.1) is 5.21 Å². The van der Waals surface area contributed by atoms with Crippen molar-refractivity contribution in [3.63, 3.8) is 0 Å². The molecule has 96 valence electrons. The normalized spacial score (nSPS) is 12.0. The Kier molecular flexibility index (Phi) is 12.1. The maximum Gasteiger partial charge on any atom is 0.153 e. The first-order chi connectivity index (χ1) is 7.81. The van der Waals surface area contributed by atoms with Crippen LogP contribution in [-0.2, 0) is 0 Å². The van der Waals surface area contributed by atoms with E-state index >= 15 is 0 Å². The fraction of sp³-hybridized carbons (Fsp3) is 0.929. The number of hydrogen-bond donors (Lipinski definition) is 0. The predicted molar refractivity (Wildman–Crippen MR) is 72.1 cm³/mol. The SMILES string of the molecule is CCCCCC/C=[N+](\[O-])CCCCCCC. The van der Waals surface area contributed by atoms with Crippen molar-refractivity contribution >= 4 is 6.21 Å². The first kappa shape index (κ1) is 15.5. The van der Waals surface area contributed by atoms with E-state index in [-0.39, 0.29) is 0 Å². The highest BCUT2D eigenvalue weighted by atomic mass is 16.5. The van der Waals surface area contributed by atoms with Crippen LogP contribution in [0.15, 0.2) is 0 Å². The first-order valence-corrected chi connectivity index (χ1v) is 7.08. The Morgan fingerprint density at radius 2 is 1.38 bits per heavy atom. The lowest BCUT2D eigenvalue weighted by Gasteiger charge is -2.03. The third-order valence-electron chi connectivity index (χ3n) is 2.87. The van der Waals surface area contributed by atoms with E-state index in [1.165, 1.54) is 51.4 Å². The zero-order valence-electron chi connectivity index (χ0n) is 11.2. The average Bonchev–Trinajstić information content (AvgIpc) is 2.28. The molecule has 0 fully saturated rings. The standard InChI is InChI=1S/C14H29NO/c1-3-5-7-9-11-13-15(16)14-12-10-8-6-4-2/h13H,3-12,14H2,1-2H3/b15-13-. The summed E-state index contributed by atoms with van der Waals surface area (Å²) in [5.41, 5.74) is 0. The van der Waals surface area contributed by atoms with Crippen molar-refractivity contribution in [2.45, 2.75) is 78.1 Å². The maximum atomic E-state index is 11.4. The van der Waals surface area contributed by atoms with Crippen molar-refractivity contribution in [2.24, 2.45) is 0 Å². The van der Waals surface area contributed by atoms with Gasteiger partial charge >= 0.3 is 0 Å². The van der Waals surface area contributed by atoms with Gasteiger partial charge in [0.2, 0.25) is 0 Å². The van der Waals surface area contributed by atoms with Gasteiger partial charge in [0.15, 0.2) is 12.8 Å². The first-order valence-electron chi connectivity index (χ1n) is 7.08. The fourth-order valence-electron chi connectivity index (χ4n) is 1.77. The Morgan fingerprint density at radius 3 is 2.00 bits per heavy atom. The quantitative estimate of drug-likeness (QED) is 0.168. The molecule has 0 aliphatic carbocycles. The molecule has 0 rings (SSSR count). The molecule has 0 amide bonds. The molecule has 0 aromatic carbocycles. The van der Waals surface area contributed by atoms with Crippen LogP contribution in [0.5, 0.6) is 0 Å². The van der Waals surface area contributed by atoms with Gasteiger partial charge in [-0.15, -0.1) is 0 Å². The van der Waals surface area contributed by atoms with E-state index in [1.807, 2.05) is 6.21 Å². The van der Waals surface area contributed by atoms with Crippen molar-refractivity contribution in [1.82, 2.24) is 0 Å². The van der Waals surface area contributed by atoms with Crippen LogP contribution in [0.2, 0.25) is 0 Å². The number of nitrogens with zero attached hydrogens (tertiary/aromatic N) is 1. The summed E-state index contributed by atoms with van der Waals surface area (Å²) in [5.74, 6) is 0. The molecular weight excluding hydrogens is 198 g/mol. The van der Waals surface area contributed by atoms with E-state index in [2.05, 4.69) is 13.8 Å². The van der Waals surface area contributed by atoms with E-state index in [0.29, 0.717) is 6.54 Å². The van der Waals surface area contributed by atoms with E-state index < -0.39 is 0 Å². The predicted octanol–water partition coefficient (Wildman–Crippen LogP) is 4.51. The molecular formula is C14H29NO. The van der Waals surface area contributed by atoms with E-state index in [0.717, 1.165) is 17.6 Å². The molecule has 2 nitrogen and oxygen atoms in total. The van der Waals surface area contributed by atoms with Gasteiger partial charge in [-0.25, -0.2) is 4.74 Å². The second-order valence-corrected chi connectivity index (χ2v) is 4.59. The molecule has 0 saturated heterocycles. The van der Waals surface area contributed by atoms with Crippen LogP contribution in [0.4, 0.5) is 0 Å².